The first-order chi connectivity index (χ1) is 9.67. The smallest absolute Gasteiger partial charge is 0.159 e. The van der Waals surface area contributed by atoms with E-state index in [1.807, 2.05) is 0 Å². The van der Waals surface area contributed by atoms with Crippen LogP contribution in [0.15, 0.2) is 4.47 Å². The Morgan fingerprint density at radius 2 is 1.90 bits per heavy atom. The van der Waals surface area contributed by atoms with Gasteiger partial charge in [0, 0.05) is 13.7 Å². The molecule has 1 heterocycles. The maximum absolute atomic E-state index is 5.54. The van der Waals surface area contributed by atoms with Gasteiger partial charge in [0.15, 0.2) is 5.82 Å². The first-order valence-corrected chi connectivity index (χ1v) is 8.30. The van der Waals surface area contributed by atoms with Crippen molar-refractivity contribution in [3.05, 3.63) is 16.0 Å². The van der Waals surface area contributed by atoms with Gasteiger partial charge in [0.1, 0.15) is 11.9 Å². The summed E-state index contributed by atoms with van der Waals surface area (Å²) in [7, 11) is 1.73. The molecule has 1 unspecified atom stereocenters. The number of nitrogens with one attached hydrogen (secondary N) is 1. The highest BCUT2D eigenvalue weighted by molar-refractivity contribution is 9.10. The minimum Gasteiger partial charge on any atom is -0.373 e. The topological polar surface area (TPSA) is 47.0 Å². The van der Waals surface area contributed by atoms with E-state index < -0.39 is 0 Å². The Morgan fingerprint density at radius 3 is 2.45 bits per heavy atom. The van der Waals surface area contributed by atoms with Crippen molar-refractivity contribution in [2.45, 2.75) is 59.0 Å². The number of aromatic nitrogens is 2. The first kappa shape index (κ1) is 17.4. The van der Waals surface area contributed by atoms with Crippen molar-refractivity contribution in [1.82, 2.24) is 9.97 Å². The summed E-state index contributed by atoms with van der Waals surface area (Å²) in [6.45, 7) is 7.36. The van der Waals surface area contributed by atoms with Crippen LogP contribution in [0.3, 0.4) is 0 Å². The van der Waals surface area contributed by atoms with Gasteiger partial charge in [0.2, 0.25) is 0 Å². The fourth-order valence-electron chi connectivity index (χ4n) is 2.03. The van der Waals surface area contributed by atoms with E-state index in [0.717, 1.165) is 60.5 Å². The molecule has 5 heteroatoms. The lowest BCUT2D eigenvalue weighted by Crippen LogP contribution is -2.13. The van der Waals surface area contributed by atoms with Crippen molar-refractivity contribution in [2.75, 3.05) is 19.0 Å². The van der Waals surface area contributed by atoms with Crippen LogP contribution >= 0.6 is 15.9 Å². The molecule has 0 radical (unpaired) electrons. The van der Waals surface area contributed by atoms with Crippen LogP contribution < -0.4 is 5.32 Å². The maximum atomic E-state index is 5.54. The molecular formula is C15H26BrN3O. The standard InChI is InChI=1S/C15H26BrN3O/c1-5-8-11-13(16)15(17-10-7-3)19-14(18-11)12(20-4)9-6-2/h12H,5-10H2,1-4H3,(H,17,18,19). The van der Waals surface area contributed by atoms with Gasteiger partial charge in [-0.25, -0.2) is 9.97 Å². The maximum Gasteiger partial charge on any atom is 0.159 e. The van der Waals surface area contributed by atoms with Crippen molar-refractivity contribution in [3.8, 4) is 0 Å². The van der Waals surface area contributed by atoms with E-state index in [4.69, 9.17) is 9.72 Å². The molecule has 1 rings (SSSR count). The van der Waals surface area contributed by atoms with Gasteiger partial charge in [-0.1, -0.05) is 33.6 Å². The molecule has 0 spiro atoms. The van der Waals surface area contributed by atoms with E-state index in [1.165, 1.54) is 0 Å². The summed E-state index contributed by atoms with van der Waals surface area (Å²) < 4.78 is 6.53. The van der Waals surface area contributed by atoms with Crippen LogP contribution in [0.4, 0.5) is 5.82 Å². The molecule has 0 saturated carbocycles. The fraction of sp³-hybridized carbons (Fsp3) is 0.733. The lowest BCUT2D eigenvalue weighted by atomic mass is 10.1. The van der Waals surface area contributed by atoms with Crippen LogP contribution in [0.2, 0.25) is 0 Å². The van der Waals surface area contributed by atoms with Gasteiger partial charge in [-0.05, 0) is 35.2 Å². The van der Waals surface area contributed by atoms with E-state index in [0.29, 0.717) is 0 Å². The summed E-state index contributed by atoms with van der Waals surface area (Å²) in [5.41, 5.74) is 1.06. The molecule has 0 aromatic carbocycles. The second-order valence-corrected chi connectivity index (χ2v) is 5.67. The Hall–Kier alpha value is -0.680. The zero-order chi connectivity index (χ0) is 15.0. The molecule has 0 fully saturated rings. The van der Waals surface area contributed by atoms with Crippen LogP contribution in [0, 0.1) is 0 Å². The van der Waals surface area contributed by atoms with Crippen molar-refractivity contribution >= 4 is 21.7 Å². The number of halogens is 1. The number of methoxy groups -OCH3 is 1. The number of anilines is 1. The quantitative estimate of drug-likeness (QED) is 0.716. The molecule has 1 N–H and O–H groups in total. The van der Waals surface area contributed by atoms with E-state index >= 15 is 0 Å². The van der Waals surface area contributed by atoms with Crippen molar-refractivity contribution in [2.24, 2.45) is 0 Å². The van der Waals surface area contributed by atoms with E-state index in [9.17, 15) is 0 Å². The summed E-state index contributed by atoms with van der Waals surface area (Å²) in [6, 6.07) is 0. The van der Waals surface area contributed by atoms with Crippen molar-refractivity contribution in [3.63, 3.8) is 0 Å². The lowest BCUT2D eigenvalue weighted by Gasteiger charge is -2.17. The molecule has 0 amide bonds. The number of nitrogens with zero attached hydrogens (tertiary/aromatic N) is 2. The monoisotopic (exact) mass is 343 g/mol. The highest BCUT2D eigenvalue weighted by atomic mass is 79.9. The van der Waals surface area contributed by atoms with Crippen LogP contribution in [-0.4, -0.2) is 23.6 Å². The largest absolute Gasteiger partial charge is 0.373 e. The summed E-state index contributed by atoms with van der Waals surface area (Å²) in [4.78, 5) is 9.35. The Labute approximate surface area is 130 Å². The Balaban J connectivity index is 3.12. The average molecular weight is 344 g/mol. The zero-order valence-electron chi connectivity index (χ0n) is 13.0. The summed E-state index contributed by atoms with van der Waals surface area (Å²) in [5, 5.41) is 3.37. The number of aryl methyl sites for hydroxylation is 1. The molecule has 0 aliphatic heterocycles. The van der Waals surface area contributed by atoms with Gasteiger partial charge in [0.25, 0.3) is 0 Å². The molecule has 0 saturated heterocycles. The van der Waals surface area contributed by atoms with Gasteiger partial charge in [-0.15, -0.1) is 0 Å². The van der Waals surface area contributed by atoms with Gasteiger partial charge in [0.05, 0.1) is 10.2 Å². The minimum absolute atomic E-state index is 0.0223. The number of rotatable bonds is 9. The SMILES string of the molecule is CCCNc1nc(C(CCC)OC)nc(CCC)c1Br. The van der Waals surface area contributed by atoms with E-state index in [1.54, 1.807) is 7.11 Å². The highest BCUT2D eigenvalue weighted by Crippen LogP contribution is 2.28. The van der Waals surface area contributed by atoms with Crippen molar-refractivity contribution < 1.29 is 4.74 Å². The molecule has 0 aliphatic carbocycles. The number of hydrogen-bond acceptors (Lipinski definition) is 4. The normalized spacial score (nSPS) is 12.4. The third-order valence-corrected chi connectivity index (χ3v) is 3.92. The average Bonchev–Trinajstić information content (AvgIpc) is 2.46. The Morgan fingerprint density at radius 1 is 1.15 bits per heavy atom. The second kappa shape index (κ2) is 9.29. The van der Waals surface area contributed by atoms with Gasteiger partial charge in [-0.3, -0.25) is 0 Å². The molecule has 1 atom stereocenters. The second-order valence-electron chi connectivity index (χ2n) is 4.88. The number of hydrogen-bond donors (Lipinski definition) is 1. The molecule has 4 nitrogen and oxygen atoms in total. The predicted molar refractivity (Wildman–Crippen MR) is 87.2 cm³/mol. The molecule has 1 aromatic heterocycles. The minimum atomic E-state index is -0.0223. The van der Waals surface area contributed by atoms with E-state index in [2.05, 4.69) is 47.0 Å². The Bertz CT molecular complexity index is 412. The molecule has 20 heavy (non-hydrogen) atoms. The van der Waals surface area contributed by atoms with Crippen molar-refractivity contribution in [1.29, 1.82) is 0 Å². The van der Waals surface area contributed by atoms with Gasteiger partial charge >= 0.3 is 0 Å². The molecule has 1 aromatic rings. The zero-order valence-corrected chi connectivity index (χ0v) is 14.6. The van der Waals surface area contributed by atoms with Gasteiger partial charge in [-0.2, -0.15) is 0 Å². The highest BCUT2D eigenvalue weighted by Gasteiger charge is 2.18. The summed E-state index contributed by atoms with van der Waals surface area (Å²) >= 11 is 3.63. The van der Waals surface area contributed by atoms with Crippen LogP contribution in [-0.2, 0) is 11.2 Å². The summed E-state index contributed by atoms with van der Waals surface area (Å²) in [5.74, 6) is 1.68. The van der Waals surface area contributed by atoms with Crippen LogP contribution in [0.1, 0.15) is 64.1 Å². The van der Waals surface area contributed by atoms with Gasteiger partial charge < -0.3 is 10.1 Å². The molecule has 0 aliphatic rings. The third-order valence-electron chi connectivity index (χ3n) is 3.09. The van der Waals surface area contributed by atoms with Crippen LogP contribution in [0.25, 0.3) is 0 Å². The molecule has 0 bridgehead atoms. The third kappa shape index (κ3) is 4.70. The molecule has 114 valence electrons. The predicted octanol–water partition coefficient (Wildman–Crippen LogP) is 4.50. The number of ether oxygens (including phenoxy) is 1. The summed E-state index contributed by atoms with van der Waals surface area (Å²) in [6.07, 6.45) is 5.05. The van der Waals surface area contributed by atoms with Crippen LogP contribution in [0.5, 0.6) is 0 Å². The molecular weight excluding hydrogens is 318 g/mol. The van der Waals surface area contributed by atoms with E-state index in [-0.39, 0.29) is 6.10 Å². The lowest BCUT2D eigenvalue weighted by molar-refractivity contribution is 0.0875. The first-order valence-electron chi connectivity index (χ1n) is 7.50. The fourth-order valence-corrected chi connectivity index (χ4v) is 2.55. The Kier molecular flexibility index (Phi) is 8.07.